The van der Waals surface area contributed by atoms with E-state index < -0.39 is 0 Å². The second kappa shape index (κ2) is 5.80. The monoisotopic (exact) mass is 313 g/mol. The molecule has 17 heavy (non-hydrogen) atoms. The third-order valence-electron chi connectivity index (χ3n) is 2.63. The van der Waals surface area contributed by atoms with Gasteiger partial charge in [0.1, 0.15) is 5.82 Å². The van der Waals surface area contributed by atoms with Gasteiger partial charge in [-0.25, -0.2) is 4.98 Å². The molecule has 0 fully saturated rings. The molecule has 2 rings (SSSR count). The lowest BCUT2D eigenvalue weighted by Gasteiger charge is -2.11. The van der Waals surface area contributed by atoms with Gasteiger partial charge in [-0.05, 0) is 34.5 Å². The van der Waals surface area contributed by atoms with Crippen molar-refractivity contribution in [2.45, 2.75) is 32.4 Å². The van der Waals surface area contributed by atoms with Gasteiger partial charge in [-0.2, -0.15) is 0 Å². The number of nitrogens with zero attached hydrogens (tertiary/aromatic N) is 2. The number of aryl methyl sites for hydroxylation is 1. The minimum atomic E-state index is 0.0318. The minimum Gasteiger partial charge on any atom is -0.335 e. The van der Waals surface area contributed by atoms with Gasteiger partial charge in [0.25, 0.3) is 0 Å². The summed E-state index contributed by atoms with van der Waals surface area (Å²) >= 11 is 5.15. The molecule has 3 nitrogen and oxygen atoms in total. The zero-order valence-corrected chi connectivity index (χ0v) is 12.2. The van der Waals surface area contributed by atoms with Gasteiger partial charge in [0.05, 0.1) is 3.79 Å². The summed E-state index contributed by atoms with van der Waals surface area (Å²) in [6.45, 7) is 3.18. The molecule has 5 heteroatoms. The predicted octanol–water partition coefficient (Wildman–Crippen LogP) is 3.36. The summed E-state index contributed by atoms with van der Waals surface area (Å²) in [5.41, 5.74) is 6.20. The molecule has 0 aromatic carbocycles. The lowest BCUT2D eigenvalue weighted by atomic mass is 10.2. The first-order valence-corrected chi connectivity index (χ1v) is 7.32. The van der Waals surface area contributed by atoms with Gasteiger partial charge in [-0.1, -0.05) is 6.92 Å². The number of hydrogen-bond acceptors (Lipinski definition) is 3. The summed E-state index contributed by atoms with van der Waals surface area (Å²) in [4.78, 5) is 5.58. The number of hydrogen-bond donors (Lipinski definition) is 1. The van der Waals surface area contributed by atoms with Crippen LogP contribution in [0.3, 0.4) is 0 Å². The minimum absolute atomic E-state index is 0.0318. The first kappa shape index (κ1) is 12.8. The van der Waals surface area contributed by atoms with Gasteiger partial charge in [-0.3, -0.25) is 0 Å². The van der Waals surface area contributed by atoms with E-state index in [1.165, 1.54) is 4.88 Å². The summed E-state index contributed by atoms with van der Waals surface area (Å²) in [6.07, 6.45) is 5.78. The van der Waals surface area contributed by atoms with Crippen LogP contribution in [0.15, 0.2) is 28.3 Å². The van der Waals surface area contributed by atoms with Gasteiger partial charge in [0, 0.05) is 36.3 Å². The summed E-state index contributed by atoms with van der Waals surface area (Å²) in [6, 6.07) is 4.15. The highest BCUT2D eigenvalue weighted by Gasteiger charge is 2.12. The molecule has 1 atom stereocenters. The number of rotatable bonds is 5. The fourth-order valence-electron chi connectivity index (χ4n) is 1.80. The van der Waals surface area contributed by atoms with Crippen molar-refractivity contribution in [2.24, 2.45) is 5.73 Å². The van der Waals surface area contributed by atoms with E-state index in [0.29, 0.717) is 0 Å². The van der Waals surface area contributed by atoms with Crippen LogP contribution in [0.2, 0.25) is 0 Å². The van der Waals surface area contributed by atoms with E-state index in [1.54, 1.807) is 11.3 Å². The third kappa shape index (κ3) is 3.18. The Morgan fingerprint density at radius 2 is 2.35 bits per heavy atom. The fraction of sp³-hybridized carbons (Fsp3) is 0.417. The smallest absolute Gasteiger partial charge is 0.110 e. The molecular formula is C12H16BrN3S. The highest BCUT2D eigenvalue weighted by molar-refractivity contribution is 9.11. The molecule has 2 N–H and O–H groups in total. The molecule has 0 aliphatic heterocycles. The zero-order chi connectivity index (χ0) is 12.3. The van der Waals surface area contributed by atoms with Crippen molar-refractivity contribution in [1.29, 1.82) is 0 Å². The maximum absolute atomic E-state index is 6.20. The van der Waals surface area contributed by atoms with Gasteiger partial charge >= 0.3 is 0 Å². The van der Waals surface area contributed by atoms with Crippen LogP contribution in [-0.2, 0) is 13.0 Å². The summed E-state index contributed by atoms with van der Waals surface area (Å²) in [5, 5.41) is 0. The van der Waals surface area contributed by atoms with Crippen LogP contribution in [0.25, 0.3) is 0 Å². The number of halogens is 1. The van der Waals surface area contributed by atoms with Crippen LogP contribution >= 0.6 is 27.3 Å². The molecule has 2 aromatic rings. The molecule has 2 heterocycles. The van der Waals surface area contributed by atoms with Crippen LogP contribution < -0.4 is 5.73 Å². The first-order chi connectivity index (χ1) is 8.20. The number of imidazole rings is 1. The molecule has 92 valence electrons. The summed E-state index contributed by atoms with van der Waals surface area (Å²) in [7, 11) is 0. The highest BCUT2D eigenvalue weighted by Crippen LogP contribution is 2.27. The van der Waals surface area contributed by atoms with Crippen molar-refractivity contribution in [1.82, 2.24) is 9.55 Å². The van der Waals surface area contributed by atoms with Crippen LogP contribution in [0.1, 0.15) is 30.1 Å². The highest BCUT2D eigenvalue weighted by atomic mass is 79.9. The molecule has 0 aliphatic rings. The Kier molecular flexibility index (Phi) is 4.36. The maximum Gasteiger partial charge on any atom is 0.110 e. The molecule has 0 amide bonds. The van der Waals surface area contributed by atoms with E-state index in [2.05, 4.69) is 38.5 Å². The van der Waals surface area contributed by atoms with Crippen LogP contribution in [-0.4, -0.2) is 9.55 Å². The van der Waals surface area contributed by atoms with E-state index in [1.807, 2.05) is 18.5 Å². The second-order valence-electron chi connectivity index (χ2n) is 3.99. The Labute approximate surface area is 114 Å². The molecule has 2 aromatic heterocycles. The number of nitrogens with two attached hydrogens (primary N) is 1. The number of thiophene rings is 1. The molecule has 0 saturated heterocycles. The Morgan fingerprint density at radius 3 is 3.00 bits per heavy atom. The largest absolute Gasteiger partial charge is 0.335 e. The second-order valence-corrected chi connectivity index (χ2v) is 6.48. The van der Waals surface area contributed by atoms with E-state index in [-0.39, 0.29) is 6.04 Å². The topological polar surface area (TPSA) is 43.8 Å². The fourth-order valence-corrected chi connectivity index (χ4v) is 3.22. The van der Waals surface area contributed by atoms with E-state index in [9.17, 15) is 0 Å². The Balaban J connectivity index is 2.07. The van der Waals surface area contributed by atoms with Gasteiger partial charge in [-0.15, -0.1) is 11.3 Å². The molecule has 1 unspecified atom stereocenters. The quantitative estimate of drug-likeness (QED) is 0.919. The molecule has 0 bridgehead atoms. The Bertz CT molecular complexity index is 478. The van der Waals surface area contributed by atoms with E-state index in [4.69, 9.17) is 5.73 Å². The Hall–Kier alpha value is -0.650. The van der Waals surface area contributed by atoms with Crippen LogP contribution in [0, 0.1) is 0 Å². The average molecular weight is 314 g/mol. The van der Waals surface area contributed by atoms with Crippen molar-refractivity contribution >= 4 is 27.3 Å². The normalized spacial score (nSPS) is 12.9. The number of aromatic nitrogens is 2. The van der Waals surface area contributed by atoms with E-state index >= 15 is 0 Å². The zero-order valence-electron chi connectivity index (χ0n) is 9.77. The lowest BCUT2D eigenvalue weighted by Crippen LogP contribution is -2.15. The van der Waals surface area contributed by atoms with Crippen molar-refractivity contribution in [3.8, 4) is 0 Å². The molecule has 0 aliphatic carbocycles. The summed E-state index contributed by atoms with van der Waals surface area (Å²) < 4.78 is 3.31. The third-order valence-corrected chi connectivity index (χ3v) is 4.38. The van der Waals surface area contributed by atoms with Crippen molar-refractivity contribution in [3.05, 3.63) is 39.0 Å². The van der Waals surface area contributed by atoms with E-state index in [0.717, 1.165) is 29.0 Å². The van der Waals surface area contributed by atoms with Crippen LogP contribution in [0.4, 0.5) is 0 Å². The first-order valence-electron chi connectivity index (χ1n) is 5.71. The molecule has 0 radical (unpaired) electrons. The summed E-state index contributed by atoms with van der Waals surface area (Å²) in [5.74, 6) is 1.07. The van der Waals surface area contributed by atoms with Gasteiger partial charge in [0.2, 0.25) is 0 Å². The van der Waals surface area contributed by atoms with Crippen molar-refractivity contribution < 1.29 is 0 Å². The Morgan fingerprint density at radius 1 is 1.53 bits per heavy atom. The van der Waals surface area contributed by atoms with Crippen molar-refractivity contribution in [3.63, 3.8) is 0 Å². The lowest BCUT2D eigenvalue weighted by molar-refractivity contribution is 0.602. The van der Waals surface area contributed by atoms with Crippen molar-refractivity contribution in [2.75, 3.05) is 0 Å². The molecule has 0 saturated carbocycles. The average Bonchev–Trinajstić information content (AvgIpc) is 2.89. The SMILES string of the molecule is CCCn1ccnc1CC(N)c1ccc(Br)s1. The van der Waals surface area contributed by atoms with Crippen LogP contribution in [0.5, 0.6) is 0 Å². The molecular weight excluding hydrogens is 298 g/mol. The maximum atomic E-state index is 6.20. The standard InChI is InChI=1S/C12H16BrN3S/c1-2-6-16-7-5-15-12(16)8-9(14)10-3-4-11(13)17-10/h3-5,7,9H,2,6,8,14H2,1H3. The predicted molar refractivity (Wildman–Crippen MR) is 75.2 cm³/mol. The molecule has 0 spiro atoms. The van der Waals surface area contributed by atoms with Gasteiger partial charge < -0.3 is 10.3 Å². The van der Waals surface area contributed by atoms with Gasteiger partial charge in [0.15, 0.2) is 0 Å².